The van der Waals surface area contributed by atoms with E-state index in [2.05, 4.69) is 0 Å². The summed E-state index contributed by atoms with van der Waals surface area (Å²) < 4.78 is 16.6. The van der Waals surface area contributed by atoms with E-state index in [1.165, 1.54) is 0 Å². The zero-order valence-corrected chi connectivity index (χ0v) is 5.58. The Morgan fingerprint density at radius 2 is 1.20 bits per heavy atom. The average molecular weight is 198 g/mol. The molecular formula is ILiO2S. The molecule has 0 aromatic heterocycles. The molecule has 0 radical (unpaired) electrons. The first-order chi connectivity index (χ1) is 1.41. The van der Waals surface area contributed by atoms with Crippen LogP contribution in [0, 0.1) is 0 Å². The first-order valence-corrected chi connectivity index (χ1v) is 1.00. The fourth-order valence-electron chi connectivity index (χ4n) is 0. The number of halogens is 1. The normalized spacial score (nSPS) is 2.40. The van der Waals surface area contributed by atoms with Crippen LogP contribution < -0.4 is 42.8 Å². The van der Waals surface area contributed by atoms with Crippen LogP contribution in [0.1, 0.15) is 0 Å². The summed E-state index contributed by atoms with van der Waals surface area (Å²) in [7, 11) is 0. The molecule has 0 aliphatic carbocycles. The maximum atomic E-state index is 8.29. The predicted molar refractivity (Wildman–Crippen MR) is 8.92 cm³/mol. The molecule has 0 rings (SSSR count). The summed E-state index contributed by atoms with van der Waals surface area (Å²) in [6.07, 6.45) is 0. The van der Waals surface area contributed by atoms with Crippen molar-refractivity contribution in [2.45, 2.75) is 0 Å². The molecule has 0 aliphatic heterocycles. The molecule has 26 valence electrons. The Kier molecular flexibility index (Phi) is 63.1. The smallest absolute Gasteiger partial charge is 1.00 e. The van der Waals surface area contributed by atoms with Gasteiger partial charge in [0.15, 0.2) is 0 Å². The van der Waals surface area contributed by atoms with E-state index in [0.29, 0.717) is 0 Å². The maximum absolute atomic E-state index is 8.29. The summed E-state index contributed by atoms with van der Waals surface area (Å²) in [5.74, 6) is 0. The van der Waals surface area contributed by atoms with Crippen LogP contribution in [0.3, 0.4) is 0 Å². The second-order valence-electron chi connectivity index (χ2n) is 0.0680. The van der Waals surface area contributed by atoms with Gasteiger partial charge in [-0.25, -0.2) is 0 Å². The van der Waals surface area contributed by atoms with Gasteiger partial charge in [-0.05, 0) is 0 Å². The molecule has 0 saturated heterocycles. The van der Waals surface area contributed by atoms with E-state index in [0.717, 1.165) is 0 Å². The molecule has 0 fully saturated rings. The number of hydrogen-bond donors (Lipinski definition) is 0. The van der Waals surface area contributed by atoms with Gasteiger partial charge >= 0.3 is 30.4 Å². The fraction of sp³-hybridized carbons (Fsp3) is 0. The quantitative estimate of drug-likeness (QED) is 0.286. The summed E-state index contributed by atoms with van der Waals surface area (Å²) in [6, 6.07) is 0. The van der Waals surface area contributed by atoms with Crippen LogP contribution in [0.5, 0.6) is 0 Å². The minimum absolute atomic E-state index is 0. The molecule has 0 N–H and O–H groups in total. The van der Waals surface area contributed by atoms with Gasteiger partial charge in [0.05, 0.1) is 0 Å². The van der Waals surface area contributed by atoms with Gasteiger partial charge in [-0.3, -0.25) is 0 Å². The standard InChI is InChI=1S/HI.Li.O2S/c;;1-3-2/h1H;;/q;+1;/p-1. The van der Waals surface area contributed by atoms with Gasteiger partial charge in [0.1, 0.15) is 0 Å². The maximum Gasteiger partial charge on any atom is 1.00 e. The van der Waals surface area contributed by atoms with Gasteiger partial charge in [-0.15, -0.1) is 0 Å². The average Bonchev–Trinajstić information content (AvgIpc) is 0.918. The van der Waals surface area contributed by atoms with Gasteiger partial charge in [0, 0.05) is 0 Å². The van der Waals surface area contributed by atoms with E-state index in [1.54, 1.807) is 0 Å². The first kappa shape index (κ1) is 16.4. The molecule has 0 aromatic carbocycles. The molecule has 5 heteroatoms. The minimum atomic E-state index is -0.750. The molecule has 0 heterocycles. The van der Waals surface area contributed by atoms with Crippen LogP contribution in [-0.2, 0) is 11.6 Å². The molecule has 2 nitrogen and oxygen atoms in total. The van der Waals surface area contributed by atoms with Crippen molar-refractivity contribution >= 4 is 11.6 Å². The molecule has 0 amide bonds. The van der Waals surface area contributed by atoms with E-state index in [1.807, 2.05) is 0 Å². The minimum Gasteiger partial charge on any atom is -1.00 e. The van der Waals surface area contributed by atoms with Gasteiger partial charge in [-0.2, -0.15) is 8.42 Å². The van der Waals surface area contributed by atoms with E-state index in [9.17, 15) is 0 Å². The summed E-state index contributed by atoms with van der Waals surface area (Å²) >= 11 is -0.750. The first-order valence-electron chi connectivity index (χ1n) is 0.333. The zero-order chi connectivity index (χ0) is 2.71. The fourth-order valence-corrected chi connectivity index (χ4v) is 0. The third-order valence-corrected chi connectivity index (χ3v) is 0. The van der Waals surface area contributed by atoms with Crippen molar-refractivity contribution in [3.8, 4) is 0 Å². The van der Waals surface area contributed by atoms with Gasteiger partial charge < -0.3 is 24.0 Å². The van der Waals surface area contributed by atoms with Crippen molar-refractivity contribution in [2.75, 3.05) is 0 Å². The van der Waals surface area contributed by atoms with Crippen LogP contribution >= 0.6 is 0 Å². The van der Waals surface area contributed by atoms with Crippen molar-refractivity contribution in [2.24, 2.45) is 0 Å². The second kappa shape index (κ2) is 19.2. The van der Waals surface area contributed by atoms with Crippen molar-refractivity contribution in [1.82, 2.24) is 0 Å². The number of rotatable bonds is 0. The van der Waals surface area contributed by atoms with E-state index in [-0.39, 0.29) is 42.8 Å². The molecule has 0 spiro atoms. The SMILES string of the molecule is O=S=O.[I-].[Li+]. The summed E-state index contributed by atoms with van der Waals surface area (Å²) in [6.45, 7) is 0. The van der Waals surface area contributed by atoms with Crippen molar-refractivity contribution in [3.63, 3.8) is 0 Å². The Morgan fingerprint density at radius 1 is 1.20 bits per heavy atom. The Labute approximate surface area is 62.5 Å². The number of hydrogen-bond acceptors (Lipinski definition) is 2. The topological polar surface area (TPSA) is 34.1 Å². The van der Waals surface area contributed by atoms with Gasteiger partial charge in [0.2, 0.25) is 0 Å². The molecule has 0 saturated carbocycles. The molecule has 0 atom stereocenters. The van der Waals surface area contributed by atoms with E-state index < -0.39 is 11.6 Å². The zero-order valence-electron chi connectivity index (χ0n) is 2.60. The summed E-state index contributed by atoms with van der Waals surface area (Å²) in [4.78, 5) is 0. The van der Waals surface area contributed by atoms with Crippen LogP contribution in [0.25, 0.3) is 0 Å². The molecule has 0 bridgehead atoms. The predicted octanol–water partition coefficient (Wildman–Crippen LogP) is -6.66. The molecule has 0 unspecified atom stereocenters. The monoisotopic (exact) mass is 198 g/mol. The Balaban J connectivity index is -0.0000000200. The van der Waals surface area contributed by atoms with Gasteiger partial charge in [-0.1, -0.05) is 0 Å². The van der Waals surface area contributed by atoms with Gasteiger partial charge in [0.25, 0.3) is 0 Å². The van der Waals surface area contributed by atoms with E-state index in [4.69, 9.17) is 8.42 Å². The Bertz CT molecular complexity index is 30.6. The molecule has 0 aliphatic rings. The largest absolute Gasteiger partial charge is 1.00 e. The Morgan fingerprint density at radius 3 is 1.20 bits per heavy atom. The molecule has 5 heavy (non-hydrogen) atoms. The van der Waals surface area contributed by atoms with Crippen LogP contribution in [-0.4, -0.2) is 8.42 Å². The molecule has 0 aromatic rings. The second-order valence-corrected chi connectivity index (χ2v) is 0.204. The molecular weight excluding hydrogens is 198 g/mol. The van der Waals surface area contributed by atoms with E-state index >= 15 is 0 Å². The van der Waals surface area contributed by atoms with Crippen molar-refractivity contribution in [1.29, 1.82) is 0 Å². The Hall–Kier alpha value is 1.15. The van der Waals surface area contributed by atoms with Crippen LogP contribution in [0.2, 0.25) is 0 Å². The van der Waals surface area contributed by atoms with Crippen LogP contribution in [0.15, 0.2) is 0 Å². The van der Waals surface area contributed by atoms with Crippen molar-refractivity contribution in [3.05, 3.63) is 0 Å². The summed E-state index contributed by atoms with van der Waals surface area (Å²) in [5.41, 5.74) is 0. The van der Waals surface area contributed by atoms with Crippen LogP contribution in [0.4, 0.5) is 0 Å². The third kappa shape index (κ3) is 38.7. The third-order valence-electron chi connectivity index (χ3n) is 0. The van der Waals surface area contributed by atoms with Crippen molar-refractivity contribution < 1.29 is 51.3 Å². The summed E-state index contributed by atoms with van der Waals surface area (Å²) in [5, 5.41) is 0.